The topological polar surface area (TPSA) is 23.5 Å². The van der Waals surface area contributed by atoms with E-state index < -0.39 is 0 Å². The lowest BCUT2D eigenvalue weighted by Crippen LogP contribution is -2.54. The largest absolute Gasteiger partial charge is 0.378 e. The quantitative estimate of drug-likeness (QED) is 0.774. The molecule has 0 spiro atoms. The molecule has 0 aromatic carbocycles. The summed E-state index contributed by atoms with van der Waals surface area (Å²) in [5, 5.41) is 10.4. The highest BCUT2D eigenvalue weighted by Gasteiger charge is 2.40. The third-order valence-electron chi connectivity index (χ3n) is 5.71. The first-order valence-electron chi connectivity index (χ1n) is 8.71. The maximum atomic E-state index is 10.4. The Morgan fingerprint density at radius 2 is 1.95 bits per heavy atom. The van der Waals surface area contributed by atoms with E-state index in [-0.39, 0.29) is 11.5 Å². The molecule has 2 radical (unpaired) electrons. The van der Waals surface area contributed by atoms with E-state index in [0.29, 0.717) is 18.0 Å². The van der Waals surface area contributed by atoms with Crippen LogP contribution in [0.1, 0.15) is 78.6 Å². The Bertz CT molecular complexity index is 309. The van der Waals surface area contributed by atoms with Crippen LogP contribution in [-0.2, 0) is 0 Å². The summed E-state index contributed by atoms with van der Waals surface area (Å²) in [7, 11) is 6.68. The van der Waals surface area contributed by atoms with Gasteiger partial charge in [0.05, 0.1) is 7.85 Å². The van der Waals surface area contributed by atoms with Crippen molar-refractivity contribution < 1.29 is 5.11 Å². The second kappa shape index (κ2) is 6.83. The van der Waals surface area contributed by atoms with Crippen LogP contribution in [0.15, 0.2) is 0 Å². The molecular formula is C17H32BNO. The van der Waals surface area contributed by atoms with Crippen molar-refractivity contribution in [2.24, 2.45) is 5.92 Å². The van der Waals surface area contributed by atoms with Crippen LogP contribution >= 0.6 is 0 Å². The normalized spacial score (nSPS) is 40.8. The average Bonchev–Trinajstić information content (AvgIpc) is 2.47. The first kappa shape index (κ1) is 16.4. The number of aliphatic hydroxyl groups is 1. The molecule has 1 aliphatic carbocycles. The predicted molar refractivity (Wildman–Crippen MR) is 85.9 cm³/mol. The van der Waals surface area contributed by atoms with E-state index in [1.807, 2.05) is 0 Å². The molecule has 2 nitrogen and oxygen atoms in total. The Hall–Kier alpha value is -0.0151. The molecule has 0 bridgehead atoms. The lowest BCUT2D eigenvalue weighted by Gasteiger charge is -2.48. The van der Waals surface area contributed by atoms with Gasteiger partial charge in [0.25, 0.3) is 0 Å². The monoisotopic (exact) mass is 277 g/mol. The van der Waals surface area contributed by atoms with E-state index in [9.17, 15) is 5.11 Å². The summed E-state index contributed by atoms with van der Waals surface area (Å²) in [6.07, 6.45) is 10.3. The van der Waals surface area contributed by atoms with Gasteiger partial charge in [-0.2, -0.15) is 0 Å². The van der Waals surface area contributed by atoms with Gasteiger partial charge in [-0.1, -0.05) is 50.8 Å². The summed E-state index contributed by atoms with van der Waals surface area (Å²) in [5.74, 6) is 0.670. The van der Waals surface area contributed by atoms with Gasteiger partial charge in [-0.25, -0.2) is 0 Å². The zero-order valence-electron chi connectivity index (χ0n) is 13.6. The molecule has 0 aromatic heterocycles. The molecule has 0 amide bonds. The number of nitrogens with zero attached hydrogens (tertiary/aromatic N) is 1. The first-order chi connectivity index (χ1) is 9.47. The van der Waals surface area contributed by atoms with E-state index in [1.54, 1.807) is 0 Å². The Labute approximate surface area is 126 Å². The fourth-order valence-electron chi connectivity index (χ4n) is 4.47. The van der Waals surface area contributed by atoms with Crippen LogP contribution in [0.3, 0.4) is 0 Å². The molecule has 2 fully saturated rings. The van der Waals surface area contributed by atoms with E-state index in [2.05, 4.69) is 25.7 Å². The van der Waals surface area contributed by atoms with Crippen LogP contribution in [0.4, 0.5) is 0 Å². The molecule has 0 aromatic rings. The van der Waals surface area contributed by atoms with Gasteiger partial charge in [0.2, 0.25) is 0 Å². The predicted octanol–water partition coefficient (Wildman–Crippen LogP) is 3.89. The number of rotatable bonds is 2. The van der Waals surface area contributed by atoms with Crippen molar-refractivity contribution in [1.29, 1.82) is 0 Å². The number of fused-ring (bicyclic) bond motifs is 1. The molecule has 4 atom stereocenters. The van der Waals surface area contributed by atoms with Gasteiger partial charge in [-0.3, -0.25) is 4.90 Å². The van der Waals surface area contributed by atoms with E-state index >= 15 is 0 Å². The molecule has 1 heterocycles. The summed E-state index contributed by atoms with van der Waals surface area (Å²) in [5.41, 5.74) is 0. The lowest BCUT2D eigenvalue weighted by molar-refractivity contribution is -0.101. The smallest absolute Gasteiger partial charge is 0.107 e. The fraction of sp³-hybridized carbons (Fsp3) is 1.00. The minimum Gasteiger partial charge on any atom is -0.378 e. The Morgan fingerprint density at radius 3 is 2.60 bits per heavy atom. The zero-order valence-corrected chi connectivity index (χ0v) is 13.6. The standard InChI is InChI=1S/C17H32BNO/c1-4-17(18)11-7-5-6-8-15-14(12-17)9-10-16(20)19(15)13(2)3/h13-16,20H,4-12H2,1-3H3. The van der Waals surface area contributed by atoms with Crippen molar-refractivity contribution in [1.82, 2.24) is 4.90 Å². The van der Waals surface area contributed by atoms with Gasteiger partial charge in [0.15, 0.2) is 0 Å². The molecule has 3 heteroatoms. The molecule has 114 valence electrons. The highest BCUT2D eigenvalue weighted by Crippen LogP contribution is 2.46. The number of aliphatic hydroxyl groups excluding tert-OH is 1. The summed E-state index contributed by atoms with van der Waals surface area (Å²) >= 11 is 0. The van der Waals surface area contributed by atoms with Crippen LogP contribution in [0, 0.1) is 5.92 Å². The maximum Gasteiger partial charge on any atom is 0.107 e. The van der Waals surface area contributed by atoms with Gasteiger partial charge >= 0.3 is 0 Å². The van der Waals surface area contributed by atoms with Crippen molar-refractivity contribution in [3.05, 3.63) is 0 Å². The van der Waals surface area contributed by atoms with Gasteiger partial charge < -0.3 is 5.11 Å². The number of hydrogen-bond donors (Lipinski definition) is 1. The van der Waals surface area contributed by atoms with Gasteiger partial charge in [-0.05, 0) is 39.0 Å². The Balaban J connectivity index is 2.19. The third-order valence-corrected chi connectivity index (χ3v) is 5.71. The molecule has 2 rings (SSSR count). The van der Waals surface area contributed by atoms with Crippen LogP contribution < -0.4 is 0 Å². The number of piperidine rings is 1. The van der Waals surface area contributed by atoms with E-state index in [4.69, 9.17) is 7.85 Å². The minimum atomic E-state index is -0.245. The summed E-state index contributed by atoms with van der Waals surface area (Å²) < 4.78 is 0. The van der Waals surface area contributed by atoms with Crippen molar-refractivity contribution in [3.63, 3.8) is 0 Å². The fourth-order valence-corrected chi connectivity index (χ4v) is 4.47. The van der Waals surface area contributed by atoms with Crippen molar-refractivity contribution >= 4 is 7.85 Å². The first-order valence-corrected chi connectivity index (χ1v) is 8.71. The molecule has 2 aliphatic rings. The number of likely N-dealkylation sites (tertiary alicyclic amines) is 1. The second-order valence-corrected chi connectivity index (χ2v) is 7.45. The molecular weight excluding hydrogens is 245 g/mol. The highest BCUT2D eigenvalue weighted by atomic mass is 16.3. The van der Waals surface area contributed by atoms with Crippen LogP contribution in [-0.4, -0.2) is 36.2 Å². The van der Waals surface area contributed by atoms with E-state index in [1.165, 1.54) is 32.1 Å². The average molecular weight is 277 g/mol. The van der Waals surface area contributed by atoms with Crippen LogP contribution in [0.2, 0.25) is 5.31 Å². The molecule has 1 saturated carbocycles. The summed E-state index contributed by atoms with van der Waals surface area (Å²) in [4.78, 5) is 2.37. The van der Waals surface area contributed by atoms with Crippen molar-refractivity contribution in [2.45, 2.75) is 102 Å². The van der Waals surface area contributed by atoms with E-state index in [0.717, 1.165) is 25.7 Å². The Kier molecular flexibility index (Phi) is 5.59. The third kappa shape index (κ3) is 3.60. The molecule has 20 heavy (non-hydrogen) atoms. The SMILES string of the molecule is [B]C1(CC)CCCCCC2C(CCC(O)N2C(C)C)C1. The number of hydrogen-bond acceptors (Lipinski definition) is 2. The molecule has 1 saturated heterocycles. The van der Waals surface area contributed by atoms with Crippen molar-refractivity contribution in [2.75, 3.05) is 0 Å². The summed E-state index contributed by atoms with van der Waals surface area (Å²) in [6.45, 7) is 6.67. The van der Waals surface area contributed by atoms with Crippen LogP contribution in [0.5, 0.6) is 0 Å². The Morgan fingerprint density at radius 1 is 1.20 bits per heavy atom. The molecule has 1 aliphatic heterocycles. The lowest BCUT2D eigenvalue weighted by atomic mass is 9.58. The summed E-state index contributed by atoms with van der Waals surface area (Å²) in [6, 6.07) is 0.957. The van der Waals surface area contributed by atoms with Gasteiger partial charge in [0.1, 0.15) is 6.23 Å². The van der Waals surface area contributed by atoms with Gasteiger partial charge in [-0.15, -0.1) is 0 Å². The molecule has 1 N–H and O–H groups in total. The highest BCUT2D eigenvalue weighted by molar-refractivity contribution is 6.15. The van der Waals surface area contributed by atoms with Gasteiger partial charge in [0, 0.05) is 12.1 Å². The second-order valence-electron chi connectivity index (χ2n) is 7.45. The van der Waals surface area contributed by atoms with Crippen molar-refractivity contribution in [3.8, 4) is 0 Å². The molecule has 4 unspecified atom stereocenters. The zero-order chi connectivity index (χ0) is 14.8. The maximum absolute atomic E-state index is 10.4. The van der Waals surface area contributed by atoms with Crippen LogP contribution in [0.25, 0.3) is 0 Å². The minimum absolute atomic E-state index is 0.0260.